The first kappa shape index (κ1) is 19.5. The van der Waals surface area contributed by atoms with Gasteiger partial charge >= 0.3 is 0 Å². The third-order valence-corrected chi connectivity index (χ3v) is 7.92. The molecule has 1 aliphatic rings. The summed E-state index contributed by atoms with van der Waals surface area (Å²) in [6.07, 6.45) is 0. The highest BCUT2D eigenvalue weighted by molar-refractivity contribution is 7.99. The minimum Gasteiger partial charge on any atom is -0.368 e. The molecule has 0 aliphatic carbocycles. The van der Waals surface area contributed by atoms with Crippen molar-refractivity contribution in [3.05, 3.63) is 58.9 Å². The van der Waals surface area contributed by atoms with Gasteiger partial charge in [0.05, 0.1) is 15.8 Å². The fraction of sp³-hybridized carbons (Fsp3) is 0.333. The molecule has 1 fully saturated rings. The fourth-order valence-electron chi connectivity index (χ4n) is 3.25. The molecule has 3 heterocycles. The van der Waals surface area contributed by atoms with E-state index in [1.54, 1.807) is 34.4 Å². The average molecular weight is 430 g/mol. The first-order valence-electron chi connectivity index (χ1n) is 9.39. The van der Waals surface area contributed by atoms with E-state index in [1.165, 1.54) is 10.6 Å². The molecule has 1 aromatic carbocycles. The van der Waals surface area contributed by atoms with E-state index in [1.807, 2.05) is 24.0 Å². The van der Waals surface area contributed by atoms with Crippen molar-refractivity contribution in [1.82, 2.24) is 9.88 Å². The molecule has 7 heteroatoms. The number of amides is 1. The Kier molecular flexibility index (Phi) is 6.34. The number of para-hydroxylation sites is 1. The van der Waals surface area contributed by atoms with E-state index in [0.29, 0.717) is 0 Å². The third-order valence-electron chi connectivity index (χ3n) is 4.83. The first-order valence-corrected chi connectivity index (χ1v) is 12.2. The van der Waals surface area contributed by atoms with Gasteiger partial charge in [-0.1, -0.05) is 24.3 Å². The SMILES string of the molecule is CC(SCc1csc(-c2cccs2)n1)C(=O)N1CCN(c2ccccc2)CC1. The van der Waals surface area contributed by atoms with Crippen LogP contribution in [-0.2, 0) is 10.5 Å². The summed E-state index contributed by atoms with van der Waals surface area (Å²) in [5, 5.41) is 5.21. The number of thioether (sulfide) groups is 1. The van der Waals surface area contributed by atoms with Crippen LogP contribution in [-0.4, -0.2) is 47.2 Å². The highest BCUT2D eigenvalue weighted by Crippen LogP contribution is 2.30. The maximum absolute atomic E-state index is 12.8. The highest BCUT2D eigenvalue weighted by Gasteiger charge is 2.25. The second-order valence-electron chi connectivity index (χ2n) is 6.72. The lowest BCUT2D eigenvalue weighted by Crippen LogP contribution is -2.50. The van der Waals surface area contributed by atoms with Crippen LogP contribution in [0.4, 0.5) is 5.69 Å². The number of benzene rings is 1. The number of thiophene rings is 1. The van der Waals surface area contributed by atoms with Gasteiger partial charge in [0.1, 0.15) is 5.01 Å². The number of hydrogen-bond donors (Lipinski definition) is 0. The van der Waals surface area contributed by atoms with Crippen LogP contribution in [0.3, 0.4) is 0 Å². The maximum Gasteiger partial charge on any atom is 0.235 e. The Morgan fingerprint density at radius 1 is 1.11 bits per heavy atom. The molecule has 1 amide bonds. The van der Waals surface area contributed by atoms with Gasteiger partial charge < -0.3 is 9.80 Å². The van der Waals surface area contributed by atoms with E-state index >= 15 is 0 Å². The number of carbonyl (C=O) groups excluding carboxylic acids is 1. The monoisotopic (exact) mass is 429 g/mol. The lowest BCUT2D eigenvalue weighted by molar-refractivity contribution is -0.130. The molecule has 0 radical (unpaired) electrons. The van der Waals surface area contributed by atoms with Crippen molar-refractivity contribution in [2.45, 2.75) is 17.9 Å². The topological polar surface area (TPSA) is 36.4 Å². The number of thiazole rings is 1. The van der Waals surface area contributed by atoms with Crippen LogP contribution < -0.4 is 4.90 Å². The van der Waals surface area contributed by atoms with Gasteiger partial charge in [-0.3, -0.25) is 4.79 Å². The largest absolute Gasteiger partial charge is 0.368 e. The quantitative estimate of drug-likeness (QED) is 0.562. The molecule has 1 atom stereocenters. The number of rotatable bonds is 6. The molecule has 4 rings (SSSR count). The second-order valence-corrected chi connectivity index (χ2v) is 9.86. The van der Waals surface area contributed by atoms with Crippen molar-refractivity contribution in [3.63, 3.8) is 0 Å². The van der Waals surface area contributed by atoms with Gasteiger partial charge in [-0.25, -0.2) is 4.98 Å². The van der Waals surface area contributed by atoms with E-state index in [4.69, 9.17) is 4.98 Å². The van der Waals surface area contributed by atoms with Crippen LogP contribution in [0.15, 0.2) is 53.2 Å². The van der Waals surface area contributed by atoms with Crippen LogP contribution in [0.5, 0.6) is 0 Å². The second kappa shape index (κ2) is 9.11. The molecule has 0 saturated carbocycles. The number of anilines is 1. The van der Waals surface area contributed by atoms with E-state index in [9.17, 15) is 4.79 Å². The summed E-state index contributed by atoms with van der Waals surface area (Å²) in [4.78, 5) is 23.1. The van der Waals surface area contributed by atoms with Crippen LogP contribution in [0.2, 0.25) is 0 Å². The summed E-state index contributed by atoms with van der Waals surface area (Å²) < 4.78 is 0. The van der Waals surface area contributed by atoms with Crippen molar-refractivity contribution in [2.75, 3.05) is 31.1 Å². The molecule has 1 saturated heterocycles. The zero-order valence-electron chi connectivity index (χ0n) is 15.8. The minimum absolute atomic E-state index is 0.0461. The molecule has 0 N–H and O–H groups in total. The van der Waals surface area contributed by atoms with E-state index < -0.39 is 0 Å². The maximum atomic E-state index is 12.8. The minimum atomic E-state index is -0.0461. The highest BCUT2D eigenvalue weighted by atomic mass is 32.2. The van der Waals surface area contributed by atoms with Gasteiger partial charge in [-0.2, -0.15) is 0 Å². The lowest BCUT2D eigenvalue weighted by atomic mass is 10.2. The predicted molar refractivity (Wildman–Crippen MR) is 121 cm³/mol. The molecule has 4 nitrogen and oxygen atoms in total. The lowest BCUT2D eigenvalue weighted by Gasteiger charge is -2.37. The Labute approximate surface area is 178 Å². The molecule has 146 valence electrons. The summed E-state index contributed by atoms with van der Waals surface area (Å²) in [6.45, 7) is 5.38. The zero-order valence-corrected chi connectivity index (χ0v) is 18.2. The number of aromatic nitrogens is 1. The average Bonchev–Trinajstić information content (AvgIpc) is 3.44. The zero-order chi connectivity index (χ0) is 19.3. The summed E-state index contributed by atoms with van der Waals surface area (Å²) in [6, 6.07) is 14.6. The molecule has 1 unspecified atom stereocenters. The summed E-state index contributed by atoms with van der Waals surface area (Å²) in [5.41, 5.74) is 2.30. The van der Waals surface area contributed by atoms with Crippen LogP contribution in [0, 0.1) is 0 Å². The normalized spacial score (nSPS) is 15.6. The summed E-state index contributed by atoms with van der Waals surface area (Å²) in [5.74, 6) is 1.02. The van der Waals surface area contributed by atoms with Gasteiger partial charge in [0, 0.05) is 43.0 Å². The van der Waals surface area contributed by atoms with Crippen molar-refractivity contribution in [3.8, 4) is 9.88 Å². The number of hydrogen-bond acceptors (Lipinski definition) is 6. The van der Waals surface area contributed by atoms with Gasteiger partial charge in [0.2, 0.25) is 5.91 Å². The molecular weight excluding hydrogens is 406 g/mol. The summed E-state index contributed by atoms with van der Waals surface area (Å²) >= 11 is 5.07. The molecule has 3 aromatic rings. The Morgan fingerprint density at radius 2 is 1.89 bits per heavy atom. The Hall–Kier alpha value is -1.83. The fourth-order valence-corrected chi connectivity index (χ4v) is 5.85. The van der Waals surface area contributed by atoms with E-state index in [2.05, 4.69) is 46.0 Å². The van der Waals surface area contributed by atoms with Gasteiger partial charge in [-0.05, 0) is 30.5 Å². The van der Waals surface area contributed by atoms with Crippen LogP contribution in [0.25, 0.3) is 9.88 Å². The molecule has 2 aromatic heterocycles. The summed E-state index contributed by atoms with van der Waals surface area (Å²) in [7, 11) is 0. The van der Waals surface area contributed by atoms with Crippen molar-refractivity contribution < 1.29 is 4.79 Å². The predicted octanol–water partition coefficient (Wildman–Crippen LogP) is 4.84. The smallest absolute Gasteiger partial charge is 0.235 e. The molecule has 0 bridgehead atoms. The van der Waals surface area contributed by atoms with Crippen LogP contribution >= 0.6 is 34.4 Å². The Bertz CT molecular complexity index is 887. The molecule has 1 aliphatic heterocycles. The molecule has 28 heavy (non-hydrogen) atoms. The van der Waals surface area contributed by atoms with Crippen molar-refractivity contribution in [2.24, 2.45) is 0 Å². The van der Waals surface area contributed by atoms with E-state index in [0.717, 1.165) is 42.6 Å². The third kappa shape index (κ3) is 4.59. The van der Waals surface area contributed by atoms with Gasteiger partial charge in [0.25, 0.3) is 0 Å². The Morgan fingerprint density at radius 3 is 2.61 bits per heavy atom. The standard InChI is InChI=1S/C21H23N3OS3/c1-16(27-14-17-15-28-20(22-17)19-8-5-13-26-19)21(25)24-11-9-23(10-12-24)18-6-3-2-4-7-18/h2-8,13,15-16H,9-12,14H2,1H3. The van der Waals surface area contributed by atoms with E-state index in [-0.39, 0.29) is 11.2 Å². The first-order chi connectivity index (χ1) is 13.7. The molecular formula is C21H23N3OS3. The van der Waals surface area contributed by atoms with Crippen molar-refractivity contribution in [1.29, 1.82) is 0 Å². The number of nitrogens with zero attached hydrogens (tertiary/aromatic N) is 3. The number of carbonyl (C=O) groups is 1. The van der Waals surface area contributed by atoms with Crippen LogP contribution in [0.1, 0.15) is 12.6 Å². The Balaban J connectivity index is 1.26. The number of piperazine rings is 1. The molecule has 0 spiro atoms. The van der Waals surface area contributed by atoms with Gasteiger partial charge in [0.15, 0.2) is 0 Å². The van der Waals surface area contributed by atoms with Crippen molar-refractivity contribution >= 4 is 46.0 Å². The van der Waals surface area contributed by atoms with Gasteiger partial charge in [-0.15, -0.1) is 34.4 Å².